The lowest BCUT2D eigenvalue weighted by Gasteiger charge is -2.37. The van der Waals surface area contributed by atoms with Crippen molar-refractivity contribution in [1.29, 1.82) is 0 Å². The molecule has 5 heterocycles. The lowest BCUT2D eigenvalue weighted by Crippen LogP contribution is -2.54. The highest BCUT2D eigenvalue weighted by atomic mass is 35.5. The Morgan fingerprint density at radius 2 is 1.31 bits per heavy atom. The van der Waals surface area contributed by atoms with Gasteiger partial charge in [-0.05, 0) is 97.7 Å². The monoisotopic (exact) mass is 1100 g/mol. The van der Waals surface area contributed by atoms with Crippen molar-refractivity contribution in [3.8, 4) is 11.5 Å². The number of nitrogens with one attached hydrogen (secondary N) is 2. The molecule has 7 aliphatic rings. The van der Waals surface area contributed by atoms with Crippen LogP contribution in [0.2, 0.25) is 10.0 Å². The van der Waals surface area contributed by atoms with Gasteiger partial charge in [-0.2, -0.15) is 0 Å². The molecule has 2 aromatic carbocycles. The minimum absolute atomic E-state index is 0. The molecule has 19 nitrogen and oxygen atoms in total. The van der Waals surface area contributed by atoms with Crippen molar-refractivity contribution in [2.24, 2.45) is 28.4 Å². The fraction of sp³-hybridized carbons (Fsp3) is 0.449. The van der Waals surface area contributed by atoms with Gasteiger partial charge in [-0.3, -0.25) is 38.1 Å². The number of hydrogen-bond acceptors (Lipinski definition) is 13. The van der Waals surface area contributed by atoms with E-state index >= 15 is 0 Å². The lowest BCUT2D eigenvalue weighted by atomic mass is 9.90. The fourth-order valence-electron chi connectivity index (χ4n) is 12.0. The van der Waals surface area contributed by atoms with Crippen LogP contribution in [-0.2, 0) is 56.1 Å². The number of Topliss-reactive ketones (excluding diaryl/α,β-unsaturated/α-hetero) is 1. The number of nitrogens with two attached hydrogens (primary N) is 1. The average Bonchev–Trinajstić information content (AvgIpc) is 4.09. The predicted octanol–water partition coefficient (Wildman–Crippen LogP) is 3.99. The predicted molar refractivity (Wildman–Crippen MR) is 265 cm³/mol. The van der Waals surface area contributed by atoms with E-state index in [4.69, 9.17) is 28.9 Å². The molecule has 0 saturated heterocycles. The number of carbonyl (C=O) groups is 5. The summed E-state index contributed by atoms with van der Waals surface area (Å²) in [7, 11) is -6.40. The molecule has 4 aromatic rings. The van der Waals surface area contributed by atoms with Gasteiger partial charge in [0.25, 0.3) is 34.7 Å². The second kappa shape index (κ2) is 18.9. The summed E-state index contributed by atoms with van der Waals surface area (Å²) in [5.41, 5.74) is 1.90. The molecule has 396 valence electrons. The molecule has 5 unspecified atom stereocenters. The zero-order valence-electron chi connectivity index (χ0n) is 39.2. The van der Waals surface area contributed by atoms with Gasteiger partial charge in [-0.1, -0.05) is 42.8 Å². The third kappa shape index (κ3) is 9.26. The molecule has 1 spiro atoms. The quantitative estimate of drug-likeness (QED) is 0.159. The number of fused-ring (bicyclic) bond motifs is 8. The van der Waals surface area contributed by atoms with Gasteiger partial charge >= 0.3 is 0 Å². The Morgan fingerprint density at radius 3 is 1.78 bits per heavy atom. The Hall–Kier alpha value is -6.17. The van der Waals surface area contributed by atoms with Crippen molar-refractivity contribution in [3.63, 3.8) is 0 Å². The van der Waals surface area contributed by atoms with E-state index in [0.29, 0.717) is 42.7 Å². The molecule has 2 aromatic heterocycles. The van der Waals surface area contributed by atoms with E-state index in [-0.39, 0.29) is 113 Å². The van der Waals surface area contributed by atoms with Gasteiger partial charge in [-0.15, -0.1) is 0 Å². The van der Waals surface area contributed by atoms with E-state index in [1.54, 1.807) is 0 Å². The molecule has 11 rings (SSSR count). The summed E-state index contributed by atoms with van der Waals surface area (Å²) in [6, 6.07) is 8.16. The molecule has 4 aliphatic carbocycles. The Labute approximate surface area is 432 Å². The first kappa shape index (κ1) is 54.1. The number of carbonyl (C=O) groups excluding carboxylic acids is 5. The van der Waals surface area contributed by atoms with Gasteiger partial charge < -0.3 is 36.0 Å². The van der Waals surface area contributed by atoms with E-state index in [9.17, 15) is 69.4 Å². The Kier molecular flexibility index (Phi) is 13.8. The smallest absolute Gasteiger partial charge is 0.296 e. The molecule has 74 heavy (non-hydrogen) atoms. The molecule has 4 fully saturated rings. The number of pyridine rings is 2. The third-order valence-corrected chi connectivity index (χ3v) is 18.0. The summed E-state index contributed by atoms with van der Waals surface area (Å²) in [5.74, 6) is -4.83. The minimum atomic E-state index is -3.42. The zero-order chi connectivity index (χ0) is 53.1. The zero-order valence-corrected chi connectivity index (χ0v) is 42.3. The summed E-state index contributed by atoms with van der Waals surface area (Å²) in [6.07, 6.45) is 6.66. The van der Waals surface area contributed by atoms with E-state index < -0.39 is 94.0 Å². The highest BCUT2D eigenvalue weighted by Crippen LogP contribution is 2.71. The molecule has 5 atom stereocenters. The van der Waals surface area contributed by atoms with Crippen molar-refractivity contribution >= 4 is 72.3 Å². The van der Waals surface area contributed by atoms with Crippen LogP contribution >= 0.6 is 23.2 Å². The molecule has 0 bridgehead atoms. The third-order valence-electron chi connectivity index (χ3n) is 15.3. The van der Waals surface area contributed by atoms with Crippen LogP contribution in [0.5, 0.6) is 11.5 Å². The number of amides is 4. The second-order valence-corrected chi connectivity index (χ2v) is 25.2. The standard InChI is InChI=1S/C24H23ClFN3O6S.C16H13ClFN3O4.C8H12O3S.CH4/c1-36(34,35)11-23-9-13(23)4-6-24(23)27-20(31)18-14-5-7-28(10-12-2-3-16(26)15(25)8-12)21(32)17(14)19(30)22(33)29(18)24;17-9-5-7(1-2-10(9)18)6-21-4-3-8-11(16(21)25)13(22)15(24)20-12(8)14(19)23;1-12(10,11)5-8-4-6(8)2-3-7(8)9;/h2-3,8,13,30H,4-7,9-11H2,1H3,(H,27,31);1-2,5,22H,3-4,6H2,(H2,19,23)(H,20,24);6H,2-5H2,1H3;1H4. The van der Waals surface area contributed by atoms with Crippen LogP contribution in [0.3, 0.4) is 0 Å². The van der Waals surface area contributed by atoms with Crippen molar-refractivity contribution in [2.75, 3.05) is 37.1 Å². The molecular weight excluding hydrogens is 1050 g/mol. The molecule has 6 N–H and O–H groups in total. The number of aromatic hydroxyl groups is 2. The van der Waals surface area contributed by atoms with E-state index in [2.05, 4.69) is 10.3 Å². The highest BCUT2D eigenvalue weighted by molar-refractivity contribution is 7.91. The largest absolute Gasteiger partial charge is 0.502 e. The number of primary amides is 1. The topological polar surface area (TPSA) is 293 Å². The molecule has 4 amide bonds. The van der Waals surface area contributed by atoms with Crippen LogP contribution < -0.4 is 22.2 Å². The maximum atomic E-state index is 13.5. The maximum Gasteiger partial charge on any atom is 0.296 e. The number of ketones is 1. The number of benzene rings is 2. The van der Waals surface area contributed by atoms with Crippen molar-refractivity contribution < 1.29 is 59.8 Å². The minimum Gasteiger partial charge on any atom is -0.502 e. The summed E-state index contributed by atoms with van der Waals surface area (Å²) in [4.78, 5) is 92.5. The Morgan fingerprint density at radius 1 is 0.770 bits per heavy atom. The summed E-state index contributed by atoms with van der Waals surface area (Å²) < 4.78 is 74.6. The van der Waals surface area contributed by atoms with Gasteiger partial charge in [0.2, 0.25) is 0 Å². The van der Waals surface area contributed by atoms with Crippen molar-refractivity contribution in [1.82, 2.24) is 24.7 Å². The van der Waals surface area contributed by atoms with Gasteiger partial charge in [0.1, 0.15) is 54.1 Å². The number of nitrogens with zero attached hydrogens (tertiary/aromatic N) is 3. The Balaban J connectivity index is 0.000000166. The highest BCUT2D eigenvalue weighted by Gasteiger charge is 2.75. The van der Waals surface area contributed by atoms with E-state index in [1.807, 2.05) is 0 Å². The van der Waals surface area contributed by atoms with E-state index in [0.717, 1.165) is 19.1 Å². The van der Waals surface area contributed by atoms with Crippen molar-refractivity contribution in [2.45, 2.75) is 77.5 Å². The number of rotatable bonds is 9. The van der Waals surface area contributed by atoms with Crippen LogP contribution in [0.1, 0.15) is 110 Å². The lowest BCUT2D eigenvalue weighted by molar-refractivity contribution is -0.122. The van der Waals surface area contributed by atoms with Gasteiger partial charge in [0, 0.05) is 61.5 Å². The number of H-pyrrole nitrogens is 1. The van der Waals surface area contributed by atoms with Gasteiger partial charge in [-0.25, -0.2) is 25.6 Å². The Bertz CT molecular complexity index is 3500. The molecular formula is C49H52Cl2F2N6O13S2. The maximum absolute atomic E-state index is 13.5. The summed E-state index contributed by atoms with van der Waals surface area (Å²) >= 11 is 11.6. The van der Waals surface area contributed by atoms with Crippen molar-refractivity contribution in [3.05, 3.63) is 124 Å². The van der Waals surface area contributed by atoms with E-state index in [1.165, 1.54) is 57.0 Å². The first-order valence-corrected chi connectivity index (χ1v) is 28.0. The van der Waals surface area contributed by atoms with Crippen LogP contribution in [-0.4, -0.2) is 113 Å². The summed E-state index contributed by atoms with van der Waals surface area (Å²) in [6.45, 7) is 0.608. The molecule has 0 radical (unpaired) electrons. The molecule has 25 heteroatoms. The number of halogens is 4. The SMILES string of the molecule is C.CS(=O)(=O)CC12CC1CCC21NC(=O)c2c3c(c(O)c(=O)n21)C(=O)N(Cc1ccc(F)c(Cl)c1)CC3.CS(=O)(=O)CC12CC1CCC2=O.NC(=O)c1[nH]c(=O)c(O)c2c1CCN(Cc1ccc(F)c(Cl)c1)C2=O. The van der Waals surface area contributed by atoms with Crippen LogP contribution in [0.15, 0.2) is 46.0 Å². The van der Waals surface area contributed by atoms with Gasteiger partial charge in [0.15, 0.2) is 11.5 Å². The number of hydrogen-bond donors (Lipinski definition) is 5. The van der Waals surface area contributed by atoms with Crippen LogP contribution in [0, 0.1) is 34.3 Å². The first-order valence-electron chi connectivity index (χ1n) is 23.1. The second-order valence-electron chi connectivity index (χ2n) is 20.1. The molecule has 3 aliphatic heterocycles. The molecule has 4 saturated carbocycles. The fourth-order valence-corrected chi connectivity index (χ4v) is 15.4. The average molecular weight is 1110 g/mol. The number of aromatic amines is 1. The first-order chi connectivity index (χ1) is 34.1. The number of sulfone groups is 2. The normalized spacial score (nSPS) is 24.8. The van der Waals surface area contributed by atoms with Crippen LogP contribution in [0.25, 0.3) is 0 Å². The van der Waals surface area contributed by atoms with Gasteiger partial charge in [0.05, 0.1) is 32.7 Å². The van der Waals surface area contributed by atoms with Crippen LogP contribution in [0.4, 0.5) is 8.78 Å². The summed E-state index contributed by atoms with van der Waals surface area (Å²) in [5, 5.41) is 23.7. The number of aromatic nitrogens is 2.